The second-order valence-corrected chi connectivity index (χ2v) is 9.16. The van der Waals surface area contributed by atoms with Gasteiger partial charge < -0.3 is 5.32 Å². The van der Waals surface area contributed by atoms with Gasteiger partial charge in [0.1, 0.15) is 10.6 Å². The summed E-state index contributed by atoms with van der Waals surface area (Å²) in [6, 6.07) is 17.1. The van der Waals surface area contributed by atoms with Gasteiger partial charge in [0.25, 0.3) is 11.8 Å². The Kier molecular flexibility index (Phi) is 6.47. The molecule has 1 N–H and O–H groups in total. The van der Waals surface area contributed by atoms with Crippen molar-refractivity contribution in [3.8, 4) is 0 Å². The van der Waals surface area contributed by atoms with Crippen molar-refractivity contribution in [2.45, 2.75) is 24.9 Å². The summed E-state index contributed by atoms with van der Waals surface area (Å²) < 4.78 is 40.0. The van der Waals surface area contributed by atoms with Gasteiger partial charge in [-0.1, -0.05) is 53.7 Å². The first-order valence-corrected chi connectivity index (χ1v) is 11.3. The predicted octanol–water partition coefficient (Wildman–Crippen LogP) is 6.96. The standard InChI is InChI=1S/C25H18ClF3N2O2S/c1-14-8-9-15(2)19(12-14)30-21-22(34-17-6-4-3-5-7-17)24(33)31(23(21)32)20-13-16(25(27,28)29)10-11-18(20)26/h3-13,30H,1-2H3. The molecule has 1 aliphatic rings. The van der Waals surface area contributed by atoms with Crippen LogP contribution in [0.4, 0.5) is 24.5 Å². The van der Waals surface area contributed by atoms with Crippen LogP contribution in [-0.4, -0.2) is 11.8 Å². The van der Waals surface area contributed by atoms with Crippen LogP contribution in [-0.2, 0) is 15.8 Å². The zero-order chi connectivity index (χ0) is 24.6. The van der Waals surface area contributed by atoms with Crippen LogP contribution < -0.4 is 10.2 Å². The van der Waals surface area contributed by atoms with Gasteiger partial charge in [0.2, 0.25) is 0 Å². The molecular weight excluding hydrogens is 485 g/mol. The van der Waals surface area contributed by atoms with Crippen LogP contribution >= 0.6 is 23.4 Å². The number of halogens is 4. The van der Waals surface area contributed by atoms with Crippen molar-refractivity contribution >= 4 is 46.6 Å². The molecule has 3 aromatic rings. The quantitative estimate of drug-likeness (QED) is 0.383. The highest BCUT2D eigenvalue weighted by Crippen LogP contribution is 2.42. The van der Waals surface area contributed by atoms with Crippen molar-refractivity contribution in [1.82, 2.24) is 0 Å². The van der Waals surface area contributed by atoms with Crippen LogP contribution in [0.2, 0.25) is 5.02 Å². The molecule has 4 rings (SSSR count). The van der Waals surface area contributed by atoms with E-state index in [-0.39, 0.29) is 21.3 Å². The number of anilines is 2. The number of benzene rings is 3. The number of aryl methyl sites for hydroxylation is 2. The monoisotopic (exact) mass is 502 g/mol. The summed E-state index contributed by atoms with van der Waals surface area (Å²) in [4.78, 5) is 28.3. The molecule has 0 aromatic heterocycles. The predicted molar refractivity (Wildman–Crippen MR) is 128 cm³/mol. The van der Waals surface area contributed by atoms with Crippen molar-refractivity contribution in [2.24, 2.45) is 0 Å². The van der Waals surface area contributed by atoms with Gasteiger partial charge in [-0.2, -0.15) is 13.2 Å². The Labute approximate surface area is 203 Å². The molecule has 174 valence electrons. The number of thioether (sulfide) groups is 1. The first-order valence-electron chi connectivity index (χ1n) is 10.1. The van der Waals surface area contributed by atoms with Gasteiger partial charge in [0, 0.05) is 10.6 Å². The van der Waals surface area contributed by atoms with E-state index >= 15 is 0 Å². The van der Waals surface area contributed by atoms with Crippen LogP contribution in [0.1, 0.15) is 16.7 Å². The van der Waals surface area contributed by atoms with Crippen molar-refractivity contribution in [2.75, 3.05) is 10.2 Å². The Balaban J connectivity index is 1.81. The molecule has 0 spiro atoms. The molecule has 4 nitrogen and oxygen atoms in total. The molecule has 0 saturated carbocycles. The molecule has 0 atom stereocenters. The second kappa shape index (κ2) is 9.19. The first kappa shape index (κ1) is 23.9. The highest BCUT2D eigenvalue weighted by molar-refractivity contribution is 8.04. The van der Waals surface area contributed by atoms with Crippen molar-refractivity contribution in [3.63, 3.8) is 0 Å². The van der Waals surface area contributed by atoms with E-state index in [0.717, 1.165) is 35.0 Å². The number of imide groups is 1. The minimum absolute atomic E-state index is 0.0268. The lowest BCUT2D eigenvalue weighted by molar-refractivity contribution is -0.137. The van der Waals surface area contributed by atoms with E-state index in [4.69, 9.17) is 11.6 Å². The smallest absolute Gasteiger partial charge is 0.350 e. The van der Waals surface area contributed by atoms with E-state index in [0.29, 0.717) is 21.5 Å². The topological polar surface area (TPSA) is 49.4 Å². The first-order chi connectivity index (χ1) is 16.1. The second-order valence-electron chi connectivity index (χ2n) is 7.67. The van der Waals surface area contributed by atoms with Gasteiger partial charge in [-0.25, -0.2) is 4.90 Å². The third kappa shape index (κ3) is 4.69. The Morgan fingerprint density at radius 2 is 1.62 bits per heavy atom. The fourth-order valence-electron chi connectivity index (χ4n) is 3.41. The maximum atomic E-state index is 13.5. The molecule has 0 bridgehead atoms. The van der Waals surface area contributed by atoms with Crippen molar-refractivity contribution < 1.29 is 22.8 Å². The lowest BCUT2D eigenvalue weighted by Gasteiger charge is -2.19. The third-order valence-corrected chi connectivity index (χ3v) is 6.58. The molecule has 2 amide bonds. The molecule has 3 aromatic carbocycles. The number of rotatable bonds is 5. The molecule has 1 aliphatic heterocycles. The van der Waals surface area contributed by atoms with Gasteiger partial charge in [0.15, 0.2) is 0 Å². The average Bonchev–Trinajstić information content (AvgIpc) is 3.00. The van der Waals surface area contributed by atoms with Crippen LogP contribution in [0.5, 0.6) is 0 Å². The highest BCUT2D eigenvalue weighted by Gasteiger charge is 2.42. The van der Waals surface area contributed by atoms with E-state index in [9.17, 15) is 22.8 Å². The molecule has 0 saturated heterocycles. The summed E-state index contributed by atoms with van der Waals surface area (Å²) in [5.74, 6) is -1.54. The maximum absolute atomic E-state index is 13.5. The van der Waals surface area contributed by atoms with Gasteiger partial charge in [-0.05, 0) is 61.4 Å². The Hall–Kier alpha value is -3.23. The van der Waals surface area contributed by atoms with Gasteiger partial charge in [0.05, 0.1) is 16.3 Å². The summed E-state index contributed by atoms with van der Waals surface area (Å²) >= 11 is 7.21. The Morgan fingerprint density at radius 1 is 0.912 bits per heavy atom. The number of carbonyl (C=O) groups is 2. The van der Waals surface area contributed by atoms with Crippen LogP contribution in [0.25, 0.3) is 0 Å². The number of nitrogens with one attached hydrogen (secondary N) is 1. The Bertz CT molecular complexity index is 1320. The fourth-order valence-corrected chi connectivity index (χ4v) is 4.56. The van der Waals surface area contributed by atoms with Crippen LogP contribution in [0.3, 0.4) is 0 Å². The zero-order valence-electron chi connectivity index (χ0n) is 18.0. The summed E-state index contributed by atoms with van der Waals surface area (Å²) in [5, 5.41) is 2.90. The lowest BCUT2D eigenvalue weighted by Crippen LogP contribution is -2.33. The summed E-state index contributed by atoms with van der Waals surface area (Å²) in [6.45, 7) is 3.73. The molecule has 0 aliphatic carbocycles. The number of hydrogen-bond acceptors (Lipinski definition) is 4. The third-order valence-electron chi connectivity index (χ3n) is 5.17. The SMILES string of the molecule is Cc1ccc(C)c(NC2=C(Sc3ccccc3)C(=O)N(c3cc(C(F)(F)F)ccc3Cl)C2=O)c1. The minimum Gasteiger partial charge on any atom is -0.350 e. The summed E-state index contributed by atoms with van der Waals surface area (Å²) in [7, 11) is 0. The molecule has 0 fully saturated rings. The fraction of sp³-hybridized carbons (Fsp3) is 0.120. The van der Waals surface area contributed by atoms with Crippen molar-refractivity contribution in [3.05, 3.63) is 99.0 Å². The number of nitrogens with zero attached hydrogens (tertiary/aromatic N) is 1. The number of carbonyl (C=O) groups excluding carboxylic acids is 2. The highest BCUT2D eigenvalue weighted by atomic mass is 35.5. The maximum Gasteiger partial charge on any atom is 0.416 e. The van der Waals surface area contributed by atoms with Crippen LogP contribution in [0.15, 0.2) is 82.2 Å². The lowest BCUT2D eigenvalue weighted by atomic mass is 10.1. The molecule has 9 heteroatoms. The summed E-state index contributed by atoms with van der Waals surface area (Å²) in [5.41, 5.74) is 1.01. The summed E-state index contributed by atoms with van der Waals surface area (Å²) in [6.07, 6.45) is -4.67. The van der Waals surface area contributed by atoms with E-state index in [2.05, 4.69) is 5.32 Å². The molecule has 0 radical (unpaired) electrons. The average molecular weight is 503 g/mol. The van der Waals surface area contributed by atoms with E-state index < -0.39 is 23.6 Å². The number of amides is 2. The van der Waals surface area contributed by atoms with Crippen molar-refractivity contribution in [1.29, 1.82) is 0 Å². The minimum atomic E-state index is -4.67. The normalized spacial score (nSPS) is 14.2. The largest absolute Gasteiger partial charge is 0.416 e. The molecule has 34 heavy (non-hydrogen) atoms. The molecular formula is C25H18ClF3N2O2S. The van der Waals surface area contributed by atoms with E-state index in [1.807, 2.05) is 38.1 Å². The van der Waals surface area contributed by atoms with Gasteiger partial charge in [-0.3, -0.25) is 9.59 Å². The number of alkyl halides is 3. The zero-order valence-corrected chi connectivity index (χ0v) is 19.6. The van der Waals surface area contributed by atoms with E-state index in [1.54, 1.807) is 24.3 Å². The molecule has 1 heterocycles. The van der Waals surface area contributed by atoms with E-state index in [1.165, 1.54) is 0 Å². The van der Waals surface area contributed by atoms with Crippen LogP contribution in [0, 0.1) is 13.8 Å². The van der Waals surface area contributed by atoms with Gasteiger partial charge in [-0.15, -0.1) is 0 Å². The Morgan fingerprint density at radius 3 is 2.29 bits per heavy atom. The number of hydrogen-bond donors (Lipinski definition) is 1. The van der Waals surface area contributed by atoms with Gasteiger partial charge >= 0.3 is 6.18 Å². The molecule has 0 unspecified atom stereocenters.